The molecule has 24 heavy (non-hydrogen) atoms. The van der Waals surface area contributed by atoms with Gasteiger partial charge in [-0.3, -0.25) is 4.79 Å². The molecule has 2 atom stereocenters. The van der Waals surface area contributed by atoms with E-state index in [1.165, 1.54) is 6.26 Å². The molecule has 1 aliphatic rings. The molecule has 0 unspecified atom stereocenters. The van der Waals surface area contributed by atoms with E-state index >= 15 is 0 Å². The van der Waals surface area contributed by atoms with Gasteiger partial charge in [-0.1, -0.05) is 6.42 Å². The maximum atomic E-state index is 12.5. The fourth-order valence-corrected chi connectivity index (χ4v) is 4.51. The molecule has 6 heteroatoms. The van der Waals surface area contributed by atoms with Crippen molar-refractivity contribution in [3.63, 3.8) is 0 Å². The van der Waals surface area contributed by atoms with E-state index in [1.54, 1.807) is 6.07 Å². The topological polar surface area (TPSA) is 76.4 Å². The van der Waals surface area contributed by atoms with Crippen LogP contribution in [0, 0.1) is 13.8 Å². The van der Waals surface area contributed by atoms with E-state index in [1.807, 2.05) is 26.0 Å². The summed E-state index contributed by atoms with van der Waals surface area (Å²) < 4.78 is 29.1. The molecule has 0 spiro atoms. The van der Waals surface area contributed by atoms with Crippen molar-refractivity contribution in [2.75, 3.05) is 6.26 Å². The second kappa shape index (κ2) is 6.24. The average molecular weight is 349 g/mol. The number of fused-ring (bicyclic) bond motifs is 1. The van der Waals surface area contributed by atoms with E-state index < -0.39 is 9.84 Å². The minimum absolute atomic E-state index is 0.123. The van der Waals surface area contributed by atoms with E-state index in [0.717, 1.165) is 29.4 Å². The first-order valence-electron chi connectivity index (χ1n) is 8.24. The molecule has 1 amide bonds. The summed E-state index contributed by atoms with van der Waals surface area (Å²) >= 11 is 0. The summed E-state index contributed by atoms with van der Waals surface area (Å²) in [4.78, 5) is 12.5. The van der Waals surface area contributed by atoms with Crippen molar-refractivity contribution < 1.29 is 17.6 Å². The molecule has 0 radical (unpaired) electrons. The third-order valence-electron chi connectivity index (χ3n) is 4.92. The van der Waals surface area contributed by atoms with Crippen LogP contribution in [-0.2, 0) is 9.84 Å². The smallest absolute Gasteiger partial charge is 0.287 e. The molecule has 5 nitrogen and oxygen atoms in total. The molecule has 1 heterocycles. The Bertz CT molecular complexity index is 843. The highest BCUT2D eigenvalue weighted by atomic mass is 32.2. The number of amides is 1. The number of furan rings is 1. The predicted octanol–water partition coefficient (Wildman–Crippen LogP) is 3.14. The van der Waals surface area contributed by atoms with Gasteiger partial charge in [-0.05, 0) is 62.4 Å². The van der Waals surface area contributed by atoms with Gasteiger partial charge in [0, 0.05) is 17.7 Å². The Morgan fingerprint density at radius 1 is 1.17 bits per heavy atom. The Balaban J connectivity index is 1.75. The predicted molar refractivity (Wildman–Crippen MR) is 94.0 cm³/mol. The van der Waals surface area contributed by atoms with E-state index in [-0.39, 0.29) is 23.0 Å². The Morgan fingerprint density at radius 2 is 1.88 bits per heavy atom. The fourth-order valence-electron chi connectivity index (χ4n) is 3.34. The third kappa shape index (κ3) is 3.48. The van der Waals surface area contributed by atoms with Gasteiger partial charge < -0.3 is 9.73 Å². The minimum atomic E-state index is -3.06. The summed E-state index contributed by atoms with van der Waals surface area (Å²) in [7, 11) is -3.06. The molecule has 0 aliphatic heterocycles. The average Bonchev–Trinajstić information content (AvgIpc) is 2.90. The van der Waals surface area contributed by atoms with Crippen molar-refractivity contribution in [2.24, 2.45) is 0 Å². The van der Waals surface area contributed by atoms with Gasteiger partial charge in [-0.2, -0.15) is 0 Å². The molecule has 1 saturated carbocycles. The quantitative estimate of drug-likeness (QED) is 0.923. The van der Waals surface area contributed by atoms with Crippen LogP contribution in [0.4, 0.5) is 0 Å². The maximum absolute atomic E-state index is 12.5. The van der Waals surface area contributed by atoms with Gasteiger partial charge in [0.05, 0.1) is 5.25 Å². The van der Waals surface area contributed by atoms with Crippen LogP contribution in [0.5, 0.6) is 0 Å². The van der Waals surface area contributed by atoms with E-state index in [0.29, 0.717) is 18.4 Å². The lowest BCUT2D eigenvalue weighted by molar-refractivity contribution is 0.0902. The van der Waals surface area contributed by atoms with Crippen LogP contribution in [0.2, 0.25) is 0 Å². The summed E-state index contributed by atoms with van der Waals surface area (Å²) in [5.41, 5.74) is 2.96. The first-order chi connectivity index (χ1) is 11.2. The number of carbonyl (C=O) groups is 1. The van der Waals surface area contributed by atoms with Crippen LogP contribution in [-0.4, -0.2) is 31.9 Å². The summed E-state index contributed by atoms with van der Waals surface area (Å²) in [5.74, 6) is -0.00265. The Kier molecular flexibility index (Phi) is 4.42. The highest BCUT2D eigenvalue weighted by molar-refractivity contribution is 7.91. The van der Waals surface area contributed by atoms with Gasteiger partial charge >= 0.3 is 0 Å². The molecule has 1 aliphatic carbocycles. The largest absolute Gasteiger partial charge is 0.451 e. The molecule has 1 N–H and O–H groups in total. The van der Waals surface area contributed by atoms with Gasteiger partial charge in [-0.25, -0.2) is 8.42 Å². The number of hydrogen-bond donors (Lipinski definition) is 1. The fraction of sp³-hybridized carbons (Fsp3) is 0.500. The number of hydrogen-bond acceptors (Lipinski definition) is 4. The zero-order valence-electron chi connectivity index (χ0n) is 14.3. The van der Waals surface area contributed by atoms with Crippen molar-refractivity contribution in [1.29, 1.82) is 0 Å². The number of benzene rings is 1. The van der Waals surface area contributed by atoms with Crippen LogP contribution in [0.25, 0.3) is 11.0 Å². The van der Waals surface area contributed by atoms with Crippen LogP contribution in [0.15, 0.2) is 22.6 Å². The SMILES string of the molecule is Cc1cc2cc(C(=O)N[C@H]3CCC[C@@H](S(C)(=O)=O)C3)oc2cc1C. The van der Waals surface area contributed by atoms with Gasteiger partial charge in [0.1, 0.15) is 15.4 Å². The molecule has 2 aromatic rings. The van der Waals surface area contributed by atoms with Crippen LogP contribution < -0.4 is 5.32 Å². The van der Waals surface area contributed by atoms with Crippen LogP contribution in [0.1, 0.15) is 47.4 Å². The molecule has 3 rings (SSSR count). The lowest BCUT2D eigenvalue weighted by atomic mass is 9.95. The molecule has 1 aromatic heterocycles. The minimum Gasteiger partial charge on any atom is -0.451 e. The Labute approximate surface area is 142 Å². The number of aryl methyl sites for hydroxylation is 2. The summed E-state index contributed by atoms with van der Waals surface area (Å²) in [6, 6.07) is 5.56. The van der Waals surface area contributed by atoms with Crippen molar-refractivity contribution in [2.45, 2.75) is 50.8 Å². The van der Waals surface area contributed by atoms with E-state index in [4.69, 9.17) is 4.42 Å². The molecule has 0 bridgehead atoms. The van der Waals surface area contributed by atoms with Crippen molar-refractivity contribution in [3.05, 3.63) is 35.1 Å². The van der Waals surface area contributed by atoms with Crippen LogP contribution >= 0.6 is 0 Å². The third-order valence-corrected chi connectivity index (χ3v) is 6.56. The highest BCUT2D eigenvalue weighted by Crippen LogP contribution is 2.26. The van der Waals surface area contributed by atoms with Gasteiger partial charge in [0.15, 0.2) is 5.76 Å². The lowest BCUT2D eigenvalue weighted by Crippen LogP contribution is -2.41. The second-order valence-electron chi connectivity index (χ2n) is 6.87. The summed E-state index contributed by atoms with van der Waals surface area (Å²) in [6.45, 7) is 4.03. The molecule has 0 saturated heterocycles. The zero-order chi connectivity index (χ0) is 17.5. The van der Waals surface area contributed by atoms with Gasteiger partial charge in [-0.15, -0.1) is 0 Å². The number of carbonyl (C=O) groups excluding carboxylic acids is 1. The molecular weight excluding hydrogens is 326 g/mol. The summed E-state index contributed by atoms with van der Waals surface area (Å²) in [5, 5.41) is 3.47. The molecule has 1 fully saturated rings. The molecular formula is C18H23NO4S. The number of sulfone groups is 1. The van der Waals surface area contributed by atoms with Crippen molar-refractivity contribution in [1.82, 2.24) is 5.32 Å². The van der Waals surface area contributed by atoms with Crippen LogP contribution in [0.3, 0.4) is 0 Å². The summed E-state index contributed by atoms with van der Waals surface area (Å²) in [6.07, 6.45) is 4.03. The number of nitrogens with one attached hydrogen (secondary N) is 1. The van der Waals surface area contributed by atoms with Gasteiger partial charge in [0.25, 0.3) is 5.91 Å². The normalized spacial score (nSPS) is 21.8. The molecule has 130 valence electrons. The first kappa shape index (κ1) is 17.0. The second-order valence-corrected chi connectivity index (χ2v) is 9.20. The lowest BCUT2D eigenvalue weighted by Gasteiger charge is -2.28. The standard InChI is InChI=1S/C18H23NO4S/c1-11-7-13-9-17(23-16(13)8-12(11)2)18(20)19-14-5-4-6-15(10-14)24(3,21)22/h7-9,14-15H,4-6,10H2,1-3H3,(H,19,20)/t14-,15+/m0/s1. The maximum Gasteiger partial charge on any atom is 0.287 e. The Hall–Kier alpha value is -1.82. The zero-order valence-corrected chi connectivity index (χ0v) is 15.1. The Morgan fingerprint density at radius 3 is 2.58 bits per heavy atom. The monoisotopic (exact) mass is 349 g/mol. The number of rotatable bonds is 3. The highest BCUT2D eigenvalue weighted by Gasteiger charge is 2.30. The molecule has 1 aromatic carbocycles. The van der Waals surface area contributed by atoms with Crippen molar-refractivity contribution in [3.8, 4) is 0 Å². The van der Waals surface area contributed by atoms with E-state index in [2.05, 4.69) is 5.32 Å². The first-order valence-corrected chi connectivity index (χ1v) is 10.2. The van der Waals surface area contributed by atoms with E-state index in [9.17, 15) is 13.2 Å². The van der Waals surface area contributed by atoms with Crippen molar-refractivity contribution >= 4 is 26.7 Å². The van der Waals surface area contributed by atoms with Gasteiger partial charge in [0.2, 0.25) is 0 Å².